The molecule has 0 radical (unpaired) electrons. The van der Waals surface area contributed by atoms with Crippen LogP contribution >= 0.6 is 0 Å². The van der Waals surface area contributed by atoms with E-state index in [-0.39, 0.29) is 16.6 Å². The molecule has 1 heterocycles. The summed E-state index contributed by atoms with van der Waals surface area (Å²) in [5.74, 6) is -0.602. The number of nitriles is 1. The van der Waals surface area contributed by atoms with Gasteiger partial charge < -0.3 is 15.1 Å². The van der Waals surface area contributed by atoms with Crippen molar-refractivity contribution in [2.45, 2.75) is 24.3 Å². The summed E-state index contributed by atoms with van der Waals surface area (Å²) < 4.78 is 37.8. The van der Waals surface area contributed by atoms with Gasteiger partial charge in [0.15, 0.2) is 9.84 Å². The van der Waals surface area contributed by atoms with Crippen LogP contribution in [0, 0.1) is 22.6 Å². The smallest absolute Gasteiger partial charge is 0.240 e. The van der Waals surface area contributed by atoms with Crippen molar-refractivity contribution in [3.05, 3.63) is 90.2 Å². The third kappa shape index (κ3) is 6.57. The lowest BCUT2D eigenvalue weighted by atomic mass is 9.79. The van der Waals surface area contributed by atoms with Crippen molar-refractivity contribution in [1.29, 1.82) is 5.26 Å². The molecule has 1 aliphatic heterocycles. The van der Waals surface area contributed by atoms with Crippen LogP contribution in [0.1, 0.15) is 18.4 Å². The summed E-state index contributed by atoms with van der Waals surface area (Å²) in [6, 6.07) is 24.7. The lowest BCUT2D eigenvalue weighted by Gasteiger charge is -2.37. The van der Waals surface area contributed by atoms with Crippen molar-refractivity contribution in [1.82, 2.24) is 10.2 Å². The molecule has 1 amide bonds. The number of carbonyl (C=O) groups is 1. The van der Waals surface area contributed by atoms with Gasteiger partial charge in [0, 0.05) is 50.4 Å². The van der Waals surface area contributed by atoms with Gasteiger partial charge in [-0.25, -0.2) is 12.8 Å². The SMILES string of the molecule is CS(=O)(=O)c1ccc(N(CCN2CCC(C#N)(C(=O)NCc3ccccc3)CC2)c2cccc(F)c2)cc1. The van der Waals surface area contributed by atoms with Crippen LogP contribution < -0.4 is 10.2 Å². The number of benzene rings is 3. The summed E-state index contributed by atoms with van der Waals surface area (Å²) in [4.78, 5) is 17.3. The van der Waals surface area contributed by atoms with Crippen LogP contribution in [0.3, 0.4) is 0 Å². The lowest BCUT2D eigenvalue weighted by Crippen LogP contribution is -2.49. The molecule has 1 saturated heterocycles. The Morgan fingerprint density at radius 2 is 1.71 bits per heavy atom. The van der Waals surface area contributed by atoms with Gasteiger partial charge in [0.2, 0.25) is 5.91 Å². The number of nitrogens with one attached hydrogen (secondary N) is 1. The largest absolute Gasteiger partial charge is 0.351 e. The van der Waals surface area contributed by atoms with E-state index in [0.717, 1.165) is 17.5 Å². The summed E-state index contributed by atoms with van der Waals surface area (Å²) >= 11 is 0. The van der Waals surface area contributed by atoms with Crippen molar-refractivity contribution in [3.63, 3.8) is 0 Å². The Hall–Kier alpha value is -3.74. The van der Waals surface area contributed by atoms with Gasteiger partial charge in [0.25, 0.3) is 0 Å². The van der Waals surface area contributed by atoms with Crippen LogP contribution in [-0.4, -0.2) is 51.7 Å². The van der Waals surface area contributed by atoms with Crippen LogP contribution in [-0.2, 0) is 21.2 Å². The molecule has 198 valence electrons. The van der Waals surface area contributed by atoms with E-state index < -0.39 is 15.3 Å². The number of sulfone groups is 1. The summed E-state index contributed by atoms with van der Waals surface area (Å²) in [5.41, 5.74) is 1.32. The van der Waals surface area contributed by atoms with Crippen molar-refractivity contribution in [3.8, 4) is 6.07 Å². The molecular formula is C29H31FN4O3S. The maximum absolute atomic E-state index is 14.0. The highest BCUT2D eigenvalue weighted by atomic mass is 32.2. The highest BCUT2D eigenvalue weighted by Crippen LogP contribution is 2.32. The van der Waals surface area contributed by atoms with Crippen molar-refractivity contribution < 1.29 is 17.6 Å². The van der Waals surface area contributed by atoms with E-state index >= 15 is 0 Å². The Bertz CT molecular complexity index is 1400. The number of nitrogens with zero attached hydrogens (tertiary/aromatic N) is 3. The second-order valence-electron chi connectivity index (χ2n) is 9.60. The van der Waals surface area contributed by atoms with Crippen molar-refractivity contribution in [2.24, 2.45) is 5.41 Å². The first-order valence-electron chi connectivity index (χ1n) is 12.5. The minimum absolute atomic E-state index is 0.217. The van der Waals surface area contributed by atoms with Gasteiger partial charge in [-0.1, -0.05) is 36.4 Å². The lowest BCUT2D eigenvalue weighted by molar-refractivity contribution is -0.130. The highest BCUT2D eigenvalue weighted by molar-refractivity contribution is 7.90. The van der Waals surface area contributed by atoms with E-state index in [0.29, 0.717) is 51.3 Å². The van der Waals surface area contributed by atoms with Crippen LogP contribution in [0.5, 0.6) is 0 Å². The first kappa shape index (κ1) is 27.3. The molecular weight excluding hydrogens is 503 g/mol. The fourth-order valence-corrected chi connectivity index (χ4v) is 5.29. The molecule has 9 heteroatoms. The predicted octanol–water partition coefficient (Wildman–Crippen LogP) is 4.29. The zero-order chi connectivity index (χ0) is 27.2. The third-order valence-electron chi connectivity index (χ3n) is 6.99. The normalized spacial score (nSPS) is 15.4. The fraction of sp³-hybridized carbons (Fsp3) is 0.310. The maximum Gasteiger partial charge on any atom is 0.240 e. The minimum atomic E-state index is -3.33. The van der Waals surface area contributed by atoms with E-state index in [4.69, 9.17) is 0 Å². The molecule has 3 aromatic rings. The Labute approximate surface area is 223 Å². The first-order valence-corrected chi connectivity index (χ1v) is 14.4. The highest BCUT2D eigenvalue weighted by Gasteiger charge is 2.41. The van der Waals surface area contributed by atoms with Gasteiger partial charge in [-0.2, -0.15) is 5.26 Å². The molecule has 7 nitrogen and oxygen atoms in total. The van der Waals surface area contributed by atoms with Crippen molar-refractivity contribution in [2.75, 3.05) is 37.3 Å². The topological polar surface area (TPSA) is 93.5 Å². The zero-order valence-electron chi connectivity index (χ0n) is 21.3. The molecule has 3 aromatic carbocycles. The average Bonchev–Trinajstić information content (AvgIpc) is 2.92. The molecule has 0 aliphatic carbocycles. The first-order chi connectivity index (χ1) is 18.2. The van der Waals surface area contributed by atoms with Crippen LogP contribution in [0.4, 0.5) is 15.8 Å². The number of halogens is 1. The van der Waals surface area contributed by atoms with Gasteiger partial charge in [-0.15, -0.1) is 0 Å². The Kier molecular flexibility index (Phi) is 8.45. The quantitative estimate of drug-likeness (QED) is 0.440. The summed E-state index contributed by atoms with van der Waals surface area (Å²) in [5, 5.41) is 12.8. The Morgan fingerprint density at radius 3 is 2.32 bits per heavy atom. The Morgan fingerprint density at radius 1 is 1.03 bits per heavy atom. The molecule has 0 bridgehead atoms. The molecule has 0 spiro atoms. The van der Waals surface area contributed by atoms with Gasteiger partial charge >= 0.3 is 0 Å². The van der Waals surface area contributed by atoms with E-state index in [1.807, 2.05) is 41.3 Å². The zero-order valence-corrected chi connectivity index (χ0v) is 22.1. The molecule has 38 heavy (non-hydrogen) atoms. The number of piperidine rings is 1. The molecule has 1 N–H and O–H groups in total. The maximum atomic E-state index is 14.0. The predicted molar refractivity (Wildman–Crippen MR) is 145 cm³/mol. The van der Waals surface area contributed by atoms with Crippen LogP contribution in [0.25, 0.3) is 0 Å². The van der Waals surface area contributed by atoms with E-state index in [1.54, 1.807) is 30.3 Å². The number of rotatable bonds is 9. The number of carbonyl (C=O) groups excluding carboxylic acids is 1. The number of hydrogen-bond acceptors (Lipinski definition) is 6. The summed E-state index contributed by atoms with van der Waals surface area (Å²) in [7, 11) is -3.33. The standard InChI is InChI=1S/C29H31FN4O3S/c1-38(36,37)27-12-10-25(11-13-27)34(26-9-5-8-24(30)20-26)19-18-33-16-14-29(22-31,15-17-33)28(35)32-21-23-6-3-2-4-7-23/h2-13,20H,14-19,21H2,1H3,(H,32,35). The second-order valence-corrected chi connectivity index (χ2v) is 11.6. The van der Waals surface area contributed by atoms with Crippen molar-refractivity contribution >= 4 is 27.1 Å². The van der Waals surface area contributed by atoms with Gasteiger partial charge in [-0.05, 0) is 60.9 Å². The number of hydrogen-bond donors (Lipinski definition) is 1. The fourth-order valence-electron chi connectivity index (χ4n) is 4.66. The van der Waals surface area contributed by atoms with Gasteiger partial charge in [0.1, 0.15) is 11.2 Å². The number of anilines is 2. The minimum Gasteiger partial charge on any atom is -0.351 e. The van der Waals surface area contributed by atoms with E-state index in [1.165, 1.54) is 12.1 Å². The van der Waals surface area contributed by atoms with E-state index in [2.05, 4.69) is 16.3 Å². The molecule has 1 fully saturated rings. The molecule has 0 aromatic heterocycles. The monoisotopic (exact) mass is 534 g/mol. The molecule has 0 unspecified atom stereocenters. The summed E-state index contributed by atoms with van der Waals surface area (Å²) in [6.45, 7) is 2.68. The molecule has 0 saturated carbocycles. The molecule has 0 atom stereocenters. The summed E-state index contributed by atoms with van der Waals surface area (Å²) in [6.07, 6.45) is 2.01. The van der Waals surface area contributed by atoms with Crippen LogP contribution in [0.2, 0.25) is 0 Å². The number of amides is 1. The van der Waals surface area contributed by atoms with Gasteiger partial charge in [0.05, 0.1) is 11.0 Å². The van der Waals surface area contributed by atoms with Gasteiger partial charge in [-0.3, -0.25) is 4.79 Å². The van der Waals surface area contributed by atoms with Crippen LogP contribution in [0.15, 0.2) is 83.8 Å². The molecule has 1 aliphatic rings. The second kappa shape index (κ2) is 11.8. The molecule has 4 rings (SSSR count). The number of likely N-dealkylation sites (tertiary alicyclic amines) is 1. The van der Waals surface area contributed by atoms with E-state index in [9.17, 15) is 22.9 Å². The third-order valence-corrected chi connectivity index (χ3v) is 8.12. The average molecular weight is 535 g/mol. The Balaban J connectivity index is 1.41.